The number of rotatable bonds is 3. The lowest BCUT2D eigenvalue weighted by Gasteiger charge is -2.11. The van der Waals surface area contributed by atoms with E-state index >= 15 is 0 Å². The molecule has 2 aromatic rings. The Morgan fingerprint density at radius 3 is 2.40 bits per heavy atom. The third-order valence-corrected chi connectivity index (χ3v) is 3.79. The molecule has 2 rings (SSSR count). The molecule has 0 spiro atoms. The van der Waals surface area contributed by atoms with Crippen LogP contribution >= 0.6 is 0 Å². The van der Waals surface area contributed by atoms with E-state index in [2.05, 4.69) is 6.58 Å². The van der Waals surface area contributed by atoms with Gasteiger partial charge in [0, 0.05) is 10.9 Å². The maximum absolute atomic E-state index is 12.0. The highest BCUT2D eigenvalue weighted by atomic mass is 32.2. The molecule has 0 amide bonds. The molecule has 2 aromatic carbocycles. The number of phenolic OH excluding ortho intramolecular Hbond substituents is 1. The Morgan fingerprint density at radius 1 is 1.25 bits per heavy atom. The largest absolute Gasteiger partial charge is 0.506 e. The molecule has 0 aliphatic heterocycles. The Labute approximate surface area is 115 Å². The second-order valence-corrected chi connectivity index (χ2v) is 5.77. The van der Waals surface area contributed by atoms with Crippen molar-refractivity contribution in [2.45, 2.75) is 11.8 Å². The van der Waals surface area contributed by atoms with Crippen molar-refractivity contribution in [2.24, 2.45) is 0 Å². The molecule has 0 fully saturated rings. The number of phenols is 1. The van der Waals surface area contributed by atoms with Crippen molar-refractivity contribution in [1.82, 2.24) is 0 Å². The average Bonchev–Trinajstić information content (AvgIpc) is 2.36. The third-order valence-electron chi connectivity index (χ3n) is 2.87. The number of allylic oxidation sites excluding steroid dienone is 1. The minimum atomic E-state index is -4.75. The molecule has 0 aromatic heterocycles. The van der Waals surface area contributed by atoms with Crippen molar-refractivity contribution in [3.05, 3.63) is 48.0 Å². The molecule has 0 bridgehead atoms. The van der Waals surface area contributed by atoms with E-state index in [9.17, 15) is 22.9 Å². The second-order valence-electron chi connectivity index (χ2n) is 4.41. The molecule has 0 unspecified atom stereocenters. The van der Waals surface area contributed by atoms with E-state index in [-0.39, 0.29) is 16.5 Å². The van der Waals surface area contributed by atoms with Gasteiger partial charge in [-0.15, -0.1) is 0 Å². The number of ketones is 1. The van der Waals surface area contributed by atoms with Crippen LogP contribution < -0.4 is 0 Å². The molecule has 104 valence electrons. The summed E-state index contributed by atoms with van der Waals surface area (Å²) in [6.07, 6.45) is 0. The summed E-state index contributed by atoms with van der Waals surface area (Å²) in [5, 5.41) is 10.8. The second kappa shape index (κ2) is 4.73. The molecule has 0 radical (unpaired) electrons. The Hall–Kier alpha value is -2.18. The monoisotopic (exact) mass is 292 g/mol. The zero-order valence-corrected chi connectivity index (χ0v) is 11.4. The van der Waals surface area contributed by atoms with Crippen LogP contribution in [0.4, 0.5) is 0 Å². The summed E-state index contributed by atoms with van der Waals surface area (Å²) in [5.41, 5.74) is -0.194. The molecule has 2 N–H and O–H groups in total. The molecule has 5 nitrogen and oxygen atoms in total. The number of carbonyl (C=O) groups is 1. The van der Waals surface area contributed by atoms with Crippen LogP contribution in [0.15, 0.2) is 47.4 Å². The molecule has 0 heterocycles. The molecule has 0 aliphatic rings. The fraction of sp³-hybridized carbons (Fsp3) is 0.0714. The lowest BCUT2D eigenvalue weighted by Crippen LogP contribution is -2.10. The molecule has 0 atom stereocenters. The van der Waals surface area contributed by atoms with E-state index in [1.165, 1.54) is 19.1 Å². The zero-order valence-electron chi connectivity index (χ0n) is 10.6. The number of carbonyl (C=O) groups excluding carboxylic acids is 1. The number of hydrogen-bond donors (Lipinski definition) is 2. The summed E-state index contributed by atoms with van der Waals surface area (Å²) in [6.45, 7) is 4.88. The first-order valence-corrected chi connectivity index (χ1v) is 7.10. The van der Waals surface area contributed by atoms with Gasteiger partial charge >= 0.3 is 0 Å². The van der Waals surface area contributed by atoms with Gasteiger partial charge in [0.25, 0.3) is 10.1 Å². The summed E-state index contributed by atoms with van der Waals surface area (Å²) in [6, 6.07) is 7.72. The Bertz CT molecular complexity index is 834. The van der Waals surface area contributed by atoms with Crippen molar-refractivity contribution < 1.29 is 22.9 Å². The fourth-order valence-corrected chi connectivity index (χ4v) is 2.75. The zero-order chi connectivity index (χ0) is 15.1. The molecular weight excluding hydrogens is 280 g/mol. The summed E-state index contributed by atoms with van der Waals surface area (Å²) in [5.74, 6) is -1.30. The number of hydrogen-bond acceptors (Lipinski definition) is 4. The number of fused-ring (bicyclic) bond motifs is 1. The predicted octanol–water partition coefficient (Wildman–Crippen LogP) is 2.55. The van der Waals surface area contributed by atoms with Crippen molar-refractivity contribution in [3.63, 3.8) is 0 Å². The summed E-state index contributed by atoms with van der Waals surface area (Å²) in [4.78, 5) is 11.2. The highest BCUT2D eigenvalue weighted by Gasteiger charge is 2.26. The van der Waals surface area contributed by atoms with Gasteiger partial charge in [0.15, 0.2) is 5.78 Å². The third kappa shape index (κ3) is 2.31. The predicted molar refractivity (Wildman–Crippen MR) is 74.6 cm³/mol. The van der Waals surface area contributed by atoms with E-state index < -0.39 is 26.5 Å². The molecule has 0 aliphatic carbocycles. The number of Topliss-reactive ketones (excluding diaryl/α,β-unsaturated/α-hetero) is 1. The summed E-state index contributed by atoms with van der Waals surface area (Å²) < 4.78 is 32.2. The number of aromatic hydroxyl groups is 1. The first-order chi connectivity index (χ1) is 9.23. The molecule has 20 heavy (non-hydrogen) atoms. The van der Waals surface area contributed by atoms with Crippen LogP contribution in [0.1, 0.15) is 17.3 Å². The van der Waals surface area contributed by atoms with Crippen LogP contribution in [0.3, 0.4) is 0 Å². The van der Waals surface area contributed by atoms with E-state index in [0.29, 0.717) is 5.39 Å². The minimum Gasteiger partial charge on any atom is -0.506 e. The Morgan fingerprint density at radius 2 is 1.85 bits per heavy atom. The molecule has 6 heteroatoms. The quantitative estimate of drug-likeness (QED) is 0.515. The first-order valence-electron chi connectivity index (χ1n) is 5.66. The minimum absolute atomic E-state index is 0.101. The maximum atomic E-state index is 12.0. The normalized spacial score (nSPS) is 11.5. The van der Waals surface area contributed by atoms with E-state index in [1.807, 2.05) is 0 Å². The van der Waals surface area contributed by atoms with Gasteiger partial charge in [0.2, 0.25) is 0 Å². The summed E-state index contributed by atoms with van der Waals surface area (Å²) in [7, 11) is -4.75. The van der Waals surface area contributed by atoms with Gasteiger partial charge in [-0.2, -0.15) is 8.42 Å². The van der Waals surface area contributed by atoms with Gasteiger partial charge in [0.1, 0.15) is 10.6 Å². The van der Waals surface area contributed by atoms with Gasteiger partial charge in [-0.05, 0) is 23.9 Å². The van der Waals surface area contributed by atoms with Crippen molar-refractivity contribution in [2.75, 3.05) is 0 Å². The Balaban J connectivity index is 2.99. The van der Waals surface area contributed by atoms with Gasteiger partial charge in [-0.25, -0.2) is 0 Å². The van der Waals surface area contributed by atoms with Crippen molar-refractivity contribution in [1.29, 1.82) is 0 Å². The lowest BCUT2D eigenvalue weighted by atomic mass is 10.0. The number of benzene rings is 2. The van der Waals surface area contributed by atoms with Gasteiger partial charge in [0.05, 0.1) is 0 Å². The van der Waals surface area contributed by atoms with Crippen LogP contribution in [0, 0.1) is 0 Å². The first kappa shape index (κ1) is 14.2. The van der Waals surface area contributed by atoms with Crippen LogP contribution in [-0.4, -0.2) is 23.9 Å². The average molecular weight is 292 g/mol. The maximum Gasteiger partial charge on any atom is 0.298 e. The van der Waals surface area contributed by atoms with Crippen molar-refractivity contribution in [3.8, 4) is 5.75 Å². The smallest absolute Gasteiger partial charge is 0.298 e. The fourth-order valence-electron chi connectivity index (χ4n) is 1.97. The topological polar surface area (TPSA) is 91.7 Å². The Kier molecular flexibility index (Phi) is 3.37. The van der Waals surface area contributed by atoms with Gasteiger partial charge in [-0.1, -0.05) is 30.8 Å². The van der Waals surface area contributed by atoms with Crippen molar-refractivity contribution >= 4 is 26.7 Å². The van der Waals surface area contributed by atoms with E-state index in [1.54, 1.807) is 18.2 Å². The van der Waals surface area contributed by atoms with Gasteiger partial charge in [-0.3, -0.25) is 9.35 Å². The molecule has 0 saturated carbocycles. The van der Waals surface area contributed by atoms with Crippen LogP contribution in [0.2, 0.25) is 0 Å². The SMILES string of the molecule is C=C(C)C(=O)c1cc2ccccc2c(O)c1S(=O)(=O)O. The van der Waals surface area contributed by atoms with Crippen LogP contribution in [0.5, 0.6) is 5.75 Å². The van der Waals surface area contributed by atoms with Crippen LogP contribution in [-0.2, 0) is 10.1 Å². The van der Waals surface area contributed by atoms with Crippen LogP contribution in [0.25, 0.3) is 10.8 Å². The highest BCUT2D eigenvalue weighted by molar-refractivity contribution is 7.86. The molecular formula is C14H12O5S. The van der Waals surface area contributed by atoms with E-state index in [4.69, 9.17) is 0 Å². The van der Waals surface area contributed by atoms with Gasteiger partial charge < -0.3 is 5.11 Å². The standard InChI is InChI=1S/C14H12O5S/c1-8(2)12(15)11-7-9-5-3-4-6-10(9)13(16)14(11)20(17,18)19/h3-7,16H,1H2,2H3,(H,17,18,19). The lowest BCUT2D eigenvalue weighted by molar-refractivity contribution is 0.103. The highest BCUT2D eigenvalue weighted by Crippen LogP contribution is 2.35. The van der Waals surface area contributed by atoms with E-state index in [0.717, 1.165) is 0 Å². The molecule has 0 saturated heterocycles. The summed E-state index contributed by atoms with van der Waals surface area (Å²) >= 11 is 0.